The van der Waals surface area contributed by atoms with E-state index in [0.29, 0.717) is 6.42 Å². The van der Waals surface area contributed by atoms with Crippen molar-refractivity contribution in [2.75, 3.05) is 0 Å². The van der Waals surface area contributed by atoms with Crippen LogP contribution in [0.4, 0.5) is 0 Å². The maximum absolute atomic E-state index is 11.5. The molecule has 0 aliphatic rings. The molecule has 0 saturated heterocycles. The van der Waals surface area contributed by atoms with Gasteiger partial charge in [-0.25, -0.2) is 0 Å². The van der Waals surface area contributed by atoms with Crippen molar-refractivity contribution in [2.45, 2.75) is 26.3 Å². The van der Waals surface area contributed by atoms with Gasteiger partial charge in [0.2, 0.25) is 0 Å². The van der Waals surface area contributed by atoms with Crippen molar-refractivity contribution < 1.29 is 9.21 Å². The van der Waals surface area contributed by atoms with Gasteiger partial charge in [-0.05, 0) is 19.4 Å². The van der Waals surface area contributed by atoms with E-state index in [1.54, 1.807) is 13.0 Å². The monoisotopic (exact) mass is 192 g/mol. The highest BCUT2D eigenvalue weighted by molar-refractivity contribution is 5.93. The van der Waals surface area contributed by atoms with Crippen LogP contribution in [0, 0.1) is 18.3 Å². The van der Waals surface area contributed by atoms with E-state index in [0.717, 1.165) is 5.56 Å². The fraction of sp³-hybridized carbons (Fsp3) is 0.400. The lowest BCUT2D eigenvalue weighted by atomic mass is 10.2. The zero-order valence-corrected chi connectivity index (χ0v) is 8.20. The van der Waals surface area contributed by atoms with Crippen LogP contribution in [0.5, 0.6) is 0 Å². The number of nitriles is 1. The van der Waals surface area contributed by atoms with Crippen LogP contribution < -0.4 is 5.32 Å². The molecule has 1 atom stereocenters. The first-order valence-corrected chi connectivity index (χ1v) is 4.43. The molecule has 0 spiro atoms. The van der Waals surface area contributed by atoms with Crippen molar-refractivity contribution >= 4 is 5.91 Å². The lowest BCUT2D eigenvalue weighted by Gasteiger charge is -2.07. The molecule has 1 rings (SSSR count). The Hall–Kier alpha value is -1.76. The van der Waals surface area contributed by atoms with E-state index in [4.69, 9.17) is 9.68 Å². The second-order valence-corrected chi connectivity index (χ2v) is 3.00. The highest BCUT2D eigenvalue weighted by atomic mass is 16.3. The summed E-state index contributed by atoms with van der Waals surface area (Å²) in [5.41, 5.74) is 0.773. The standard InChI is InChI=1S/C10H12N2O2/c1-3-8(6-11)12-10(13)9-7(2)4-5-14-9/h4-5,8H,3H2,1-2H3,(H,12,13). The summed E-state index contributed by atoms with van der Waals surface area (Å²) in [7, 11) is 0. The lowest BCUT2D eigenvalue weighted by molar-refractivity contribution is 0.0916. The number of furan rings is 1. The van der Waals surface area contributed by atoms with E-state index in [1.165, 1.54) is 6.26 Å². The van der Waals surface area contributed by atoms with Gasteiger partial charge >= 0.3 is 0 Å². The summed E-state index contributed by atoms with van der Waals surface area (Å²) in [5, 5.41) is 11.2. The van der Waals surface area contributed by atoms with Gasteiger partial charge in [-0.15, -0.1) is 0 Å². The summed E-state index contributed by atoms with van der Waals surface area (Å²) in [6.07, 6.45) is 2.04. The van der Waals surface area contributed by atoms with Gasteiger partial charge in [0.05, 0.1) is 12.3 Å². The molecule has 4 heteroatoms. The van der Waals surface area contributed by atoms with Crippen molar-refractivity contribution in [3.8, 4) is 6.07 Å². The van der Waals surface area contributed by atoms with Gasteiger partial charge in [0.1, 0.15) is 6.04 Å². The van der Waals surface area contributed by atoms with Crippen LogP contribution in [0.15, 0.2) is 16.7 Å². The quantitative estimate of drug-likeness (QED) is 0.791. The van der Waals surface area contributed by atoms with E-state index in [9.17, 15) is 4.79 Å². The Morgan fingerprint density at radius 2 is 2.50 bits per heavy atom. The Morgan fingerprint density at radius 3 is 2.93 bits per heavy atom. The zero-order chi connectivity index (χ0) is 10.6. The van der Waals surface area contributed by atoms with Crippen LogP contribution in [0.3, 0.4) is 0 Å². The molecule has 0 radical (unpaired) electrons. The Morgan fingerprint density at radius 1 is 1.79 bits per heavy atom. The molecule has 0 aromatic carbocycles. The fourth-order valence-electron chi connectivity index (χ4n) is 1.05. The van der Waals surface area contributed by atoms with Crippen molar-refractivity contribution in [3.05, 3.63) is 23.7 Å². The molecular formula is C10H12N2O2. The van der Waals surface area contributed by atoms with Gasteiger partial charge in [-0.3, -0.25) is 4.79 Å². The molecule has 74 valence electrons. The van der Waals surface area contributed by atoms with Crippen LogP contribution in [-0.2, 0) is 0 Å². The Labute approximate surface area is 82.5 Å². The number of rotatable bonds is 3. The van der Waals surface area contributed by atoms with Crippen LogP contribution in [0.25, 0.3) is 0 Å². The third-order valence-corrected chi connectivity index (χ3v) is 1.94. The molecule has 1 unspecified atom stereocenters. The number of nitrogens with one attached hydrogen (secondary N) is 1. The summed E-state index contributed by atoms with van der Waals surface area (Å²) in [4.78, 5) is 11.5. The van der Waals surface area contributed by atoms with Gasteiger partial charge in [-0.2, -0.15) is 5.26 Å². The predicted molar refractivity (Wildman–Crippen MR) is 50.6 cm³/mol. The second-order valence-electron chi connectivity index (χ2n) is 3.00. The first-order valence-electron chi connectivity index (χ1n) is 4.43. The van der Waals surface area contributed by atoms with E-state index < -0.39 is 6.04 Å². The summed E-state index contributed by atoms with van der Waals surface area (Å²) in [6.45, 7) is 3.62. The molecule has 1 heterocycles. The van der Waals surface area contributed by atoms with E-state index >= 15 is 0 Å². The molecule has 1 N–H and O–H groups in total. The van der Waals surface area contributed by atoms with E-state index in [2.05, 4.69) is 5.32 Å². The van der Waals surface area contributed by atoms with Crippen molar-refractivity contribution in [1.29, 1.82) is 5.26 Å². The van der Waals surface area contributed by atoms with Gasteiger partial charge < -0.3 is 9.73 Å². The molecular weight excluding hydrogens is 180 g/mol. The molecule has 1 aromatic rings. The highest BCUT2D eigenvalue weighted by Gasteiger charge is 2.15. The number of aryl methyl sites for hydroxylation is 1. The van der Waals surface area contributed by atoms with Crippen molar-refractivity contribution in [1.82, 2.24) is 5.32 Å². The van der Waals surface area contributed by atoms with E-state index in [-0.39, 0.29) is 11.7 Å². The van der Waals surface area contributed by atoms with Crippen LogP contribution >= 0.6 is 0 Å². The molecule has 4 nitrogen and oxygen atoms in total. The summed E-state index contributed by atoms with van der Waals surface area (Å²) >= 11 is 0. The molecule has 0 aliphatic heterocycles. The third kappa shape index (κ3) is 2.13. The fourth-order valence-corrected chi connectivity index (χ4v) is 1.05. The molecule has 0 fully saturated rings. The van der Waals surface area contributed by atoms with Gasteiger partial charge in [-0.1, -0.05) is 6.92 Å². The molecule has 0 saturated carbocycles. The minimum Gasteiger partial charge on any atom is -0.459 e. The van der Waals surface area contributed by atoms with Crippen molar-refractivity contribution in [3.63, 3.8) is 0 Å². The SMILES string of the molecule is CCC(C#N)NC(=O)c1occc1C. The summed E-state index contributed by atoms with van der Waals surface area (Å²) < 4.78 is 4.99. The largest absolute Gasteiger partial charge is 0.459 e. The third-order valence-electron chi connectivity index (χ3n) is 1.94. The first-order chi connectivity index (χ1) is 6.69. The number of carbonyl (C=O) groups excluding carboxylic acids is 1. The normalized spacial score (nSPS) is 11.8. The predicted octanol–water partition coefficient (Wildman–Crippen LogP) is 1.62. The van der Waals surface area contributed by atoms with Gasteiger partial charge in [0, 0.05) is 5.56 Å². The van der Waals surface area contributed by atoms with Gasteiger partial charge in [0.15, 0.2) is 5.76 Å². The smallest absolute Gasteiger partial charge is 0.288 e. The maximum Gasteiger partial charge on any atom is 0.288 e. The van der Waals surface area contributed by atoms with Gasteiger partial charge in [0.25, 0.3) is 5.91 Å². The maximum atomic E-state index is 11.5. The Bertz CT molecular complexity index is 362. The Balaban J connectivity index is 2.69. The average Bonchev–Trinajstić information content (AvgIpc) is 2.60. The number of hydrogen-bond donors (Lipinski definition) is 1. The van der Waals surface area contributed by atoms with Crippen LogP contribution in [0.2, 0.25) is 0 Å². The molecule has 1 aromatic heterocycles. The van der Waals surface area contributed by atoms with Crippen LogP contribution in [0.1, 0.15) is 29.5 Å². The summed E-state index contributed by atoms with van der Waals surface area (Å²) in [5.74, 6) is -0.0559. The summed E-state index contributed by atoms with van der Waals surface area (Å²) in [6, 6.07) is 3.25. The number of carbonyl (C=O) groups is 1. The zero-order valence-electron chi connectivity index (χ0n) is 8.20. The van der Waals surface area contributed by atoms with Crippen LogP contribution in [-0.4, -0.2) is 11.9 Å². The topological polar surface area (TPSA) is 66.0 Å². The minimum atomic E-state index is -0.452. The minimum absolute atomic E-state index is 0.277. The molecule has 1 amide bonds. The molecule has 14 heavy (non-hydrogen) atoms. The first kappa shape index (κ1) is 10.3. The van der Waals surface area contributed by atoms with E-state index in [1.807, 2.05) is 13.0 Å². The second kappa shape index (κ2) is 4.47. The number of amides is 1. The Kier molecular flexibility index (Phi) is 3.29. The number of nitrogens with zero attached hydrogens (tertiary/aromatic N) is 1. The average molecular weight is 192 g/mol. The lowest BCUT2D eigenvalue weighted by Crippen LogP contribution is -2.33. The highest BCUT2D eigenvalue weighted by Crippen LogP contribution is 2.08. The molecule has 0 bridgehead atoms. The van der Waals surface area contributed by atoms with Crippen molar-refractivity contribution in [2.24, 2.45) is 0 Å². The molecule has 0 aliphatic carbocycles. The number of hydrogen-bond acceptors (Lipinski definition) is 3.